The van der Waals surface area contributed by atoms with Crippen LogP contribution in [-0.2, 0) is 20.9 Å². The molecule has 0 aliphatic carbocycles. The number of allylic oxidation sites excluding steroid dienone is 1. The Labute approximate surface area is 121 Å². The van der Waals surface area contributed by atoms with Crippen LogP contribution in [0.15, 0.2) is 42.5 Å². The molecule has 1 aromatic rings. The summed E-state index contributed by atoms with van der Waals surface area (Å²) in [6, 6.07) is 10.1. The van der Waals surface area contributed by atoms with Gasteiger partial charge in [0.25, 0.3) is 0 Å². The van der Waals surface area contributed by atoms with Gasteiger partial charge in [0.1, 0.15) is 5.60 Å². The molecule has 0 aromatic heterocycles. The Kier molecular flexibility index (Phi) is 7.02. The fourth-order valence-corrected chi connectivity index (χ4v) is 1.58. The maximum atomic E-state index is 11.4. The van der Waals surface area contributed by atoms with Crippen LogP contribution >= 0.6 is 0 Å². The van der Waals surface area contributed by atoms with Gasteiger partial charge in [0, 0.05) is 12.7 Å². The maximum absolute atomic E-state index is 11.4. The van der Waals surface area contributed by atoms with Crippen LogP contribution in [0.3, 0.4) is 0 Å². The van der Waals surface area contributed by atoms with Gasteiger partial charge < -0.3 is 9.47 Å². The van der Waals surface area contributed by atoms with Crippen molar-refractivity contribution in [2.75, 3.05) is 6.61 Å². The molecule has 0 atom stereocenters. The van der Waals surface area contributed by atoms with E-state index in [1.807, 2.05) is 57.2 Å². The number of carbonyl (C=O) groups excluding carboxylic acids is 1. The normalized spacial score (nSPS) is 11.8. The van der Waals surface area contributed by atoms with Gasteiger partial charge in [-0.2, -0.15) is 0 Å². The average molecular weight is 276 g/mol. The molecule has 0 N–H and O–H groups in total. The molecule has 1 aromatic carbocycles. The minimum Gasteiger partial charge on any atom is -0.457 e. The lowest BCUT2D eigenvalue weighted by molar-refractivity contribution is -0.148. The summed E-state index contributed by atoms with van der Waals surface area (Å²) in [5.41, 5.74) is 0.747. The molecule has 20 heavy (non-hydrogen) atoms. The number of carbonyl (C=O) groups is 1. The maximum Gasteiger partial charge on any atom is 0.330 e. The van der Waals surface area contributed by atoms with Crippen molar-refractivity contribution in [3.05, 3.63) is 48.0 Å². The third kappa shape index (κ3) is 8.48. The van der Waals surface area contributed by atoms with Crippen molar-refractivity contribution in [1.82, 2.24) is 0 Å². The molecule has 0 aliphatic heterocycles. The van der Waals surface area contributed by atoms with Crippen molar-refractivity contribution < 1.29 is 14.3 Å². The highest BCUT2D eigenvalue weighted by atomic mass is 16.6. The zero-order valence-electron chi connectivity index (χ0n) is 12.6. The summed E-state index contributed by atoms with van der Waals surface area (Å²) >= 11 is 0. The van der Waals surface area contributed by atoms with Gasteiger partial charge in [-0.25, -0.2) is 4.79 Å². The number of esters is 1. The van der Waals surface area contributed by atoms with E-state index in [1.165, 1.54) is 11.6 Å². The summed E-state index contributed by atoms with van der Waals surface area (Å²) in [5.74, 6) is -0.289. The summed E-state index contributed by atoms with van der Waals surface area (Å²) in [5, 5.41) is 0. The molecule has 0 saturated heterocycles. The lowest BCUT2D eigenvalue weighted by Crippen LogP contribution is -2.22. The number of hydrogen-bond acceptors (Lipinski definition) is 3. The molecule has 0 radical (unpaired) electrons. The fourth-order valence-electron chi connectivity index (χ4n) is 1.58. The van der Waals surface area contributed by atoms with Crippen molar-refractivity contribution >= 4 is 5.97 Å². The highest BCUT2D eigenvalue weighted by Gasteiger charge is 2.13. The number of ether oxygens (including phenoxy) is 2. The summed E-state index contributed by atoms with van der Waals surface area (Å²) in [7, 11) is 0. The van der Waals surface area contributed by atoms with Crippen molar-refractivity contribution in [2.24, 2.45) is 0 Å². The first-order chi connectivity index (χ1) is 9.47. The van der Waals surface area contributed by atoms with Crippen LogP contribution in [0.2, 0.25) is 0 Å². The fraction of sp³-hybridized carbons (Fsp3) is 0.471. The smallest absolute Gasteiger partial charge is 0.330 e. The Balaban J connectivity index is 2.06. The van der Waals surface area contributed by atoms with E-state index in [2.05, 4.69) is 0 Å². The largest absolute Gasteiger partial charge is 0.457 e. The molecule has 0 fully saturated rings. The molecular weight excluding hydrogens is 252 g/mol. The highest BCUT2D eigenvalue weighted by Crippen LogP contribution is 2.07. The quantitative estimate of drug-likeness (QED) is 0.431. The second-order valence-corrected chi connectivity index (χ2v) is 5.62. The van der Waals surface area contributed by atoms with Gasteiger partial charge in [0.15, 0.2) is 0 Å². The van der Waals surface area contributed by atoms with Crippen molar-refractivity contribution in [2.45, 2.75) is 45.8 Å². The van der Waals surface area contributed by atoms with E-state index in [9.17, 15) is 4.79 Å². The Bertz CT molecular complexity index is 416. The van der Waals surface area contributed by atoms with Crippen LogP contribution in [0.25, 0.3) is 0 Å². The summed E-state index contributed by atoms with van der Waals surface area (Å²) < 4.78 is 10.7. The Morgan fingerprint density at radius 2 is 1.90 bits per heavy atom. The van der Waals surface area contributed by atoms with Gasteiger partial charge in [0.05, 0.1) is 6.61 Å². The Morgan fingerprint density at radius 1 is 1.20 bits per heavy atom. The Morgan fingerprint density at radius 3 is 2.55 bits per heavy atom. The molecular formula is C17H24O3. The first kappa shape index (κ1) is 16.4. The van der Waals surface area contributed by atoms with Crippen LogP contribution < -0.4 is 0 Å². The third-order valence-corrected chi connectivity index (χ3v) is 2.43. The lowest BCUT2D eigenvalue weighted by atomic mass is 10.2. The second kappa shape index (κ2) is 8.54. The summed E-state index contributed by atoms with van der Waals surface area (Å²) in [6.45, 7) is 6.90. The molecule has 0 heterocycles. The van der Waals surface area contributed by atoms with E-state index in [-0.39, 0.29) is 5.97 Å². The molecule has 0 saturated carbocycles. The number of rotatable bonds is 7. The predicted molar refractivity (Wildman–Crippen MR) is 80.3 cm³/mol. The minimum atomic E-state index is -0.430. The van der Waals surface area contributed by atoms with Crippen LogP contribution in [0.4, 0.5) is 0 Å². The zero-order chi connectivity index (χ0) is 14.8. The van der Waals surface area contributed by atoms with E-state index >= 15 is 0 Å². The zero-order valence-corrected chi connectivity index (χ0v) is 12.6. The monoisotopic (exact) mass is 276 g/mol. The van der Waals surface area contributed by atoms with E-state index < -0.39 is 5.60 Å². The first-order valence-corrected chi connectivity index (χ1v) is 6.98. The van der Waals surface area contributed by atoms with E-state index in [0.29, 0.717) is 13.2 Å². The molecule has 1 rings (SSSR count). The SMILES string of the molecule is CC(C)(C)OC(=O)/C=C/CCCOCc1ccccc1. The van der Waals surface area contributed by atoms with Crippen LogP contribution in [0, 0.1) is 0 Å². The first-order valence-electron chi connectivity index (χ1n) is 6.98. The molecule has 110 valence electrons. The standard InChI is InChI=1S/C17H24O3/c1-17(2,3)20-16(18)12-8-5-9-13-19-14-15-10-6-4-7-11-15/h4,6-8,10-12H,5,9,13-14H2,1-3H3/b12-8+. The molecule has 0 bridgehead atoms. The summed E-state index contributed by atoms with van der Waals surface area (Å²) in [6.07, 6.45) is 5.03. The van der Waals surface area contributed by atoms with E-state index in [4.69, 9.17) is 9.47 Å². The molecule has 0 amide bonds. The molecule has 3 heteroatoms. The Hall–Kier alpha value is -1.61. The molecule has 0 unspecified atom stereocenters. The second-order valence-electron chi connectivity index (χ2n) is 5.62. The van der Waals surface area contributed by atoms with Gasteiger partial charge in [-0.1, -0.05) is 36.4 Å². The van der Waals surface area contributed by atoms with Gasteiger partial charge >= 0.3 is 5.97 Å². The lowest BCUT2D eigenvalue weighted by Gasteiger charge is -2.17. The topological polar surface area (TPSA) is 35.5 Å². The minimum absolute atomic E-state index is 0.289. The van der Waals surface area contributed by atoms with Crippen LogP contribution in [0.1, 0.15) is 39.2 Å². The van der Waals surface area contributed by atoms with Crippen LogP contribution in [-0.4, -0.2) is 18.2 Å². The van der Waals surface area contributed by atoms with Crippen LogP contribution in [0.5, 0.6) is 0 Å². The highest BCUT2D eigenvalue weighted by molar-refractivity contribution is 5.82. The van der Waals surface area contributed by atoms with E-state index in [1.54, 1.807) is 0 Å². The number of benzene rings is 1. The number of unbranched alkanes of at least 4 members (excludes halogenated alkanes) is 1. The van der Waals surface area contributed by atoms with Crippen molar-refractivity contribution in [3.8, 4) is 0 Å². The van der Waals surface area contributed by atoms with E-state index in [0.717, 1.165) is 12.8 Å². The van der Waals surface area contributed by atoms with Gasteiger partial charge in [0.2, 0.25) is 0 Å². The summed E-state index contributed by atoms with van der Waals surface area (Å²) in [4.78, 5) is 11.4. The van der Waals surface area contributed by atoms with Gasteiger partial charge in [-0.3, -0.25) is 0 Å². The predicted octanol–water partition coefficient (Wildman–Crippen LogP) is 3.88. The molecule has 0 spiro atoms. The molecule has 0 aliphatic rings. The van der Waals surface area contributed by atoms with Gasteiger partial charge in [-0.15, -0.1) is 0 Å². The third-order valence-electron chi connectivity index (χ3n) is 2.43. The van der Waals surface area contributed by atoms with Crippen molar-refractivity contribution in [3.63, 3.8) is 0 Å². The average Bonchev–Trinajstić information content (AvgIpc) is 2.37. The number of hydrogen-bond donors (Lipinski definition) is 0. The molecule has 3 nitrogen and oxygen atoms in total. The van der Waals surface area contributed by atoms with Gasteiger partial charge in [-0.05, 0) is 39.2 Å². The van der Waals surface area contributed by atoms with Crippen molar-refractivity contribution in [1.29, 1.82) is 0 Å².